The molecule has 0 aliphatic heterocycles. The summed E-state index contributed by atoms with van der Waals surface area (Å²) in [7, 11) is 3.49. The number of hydrogen-bond acceptors (Lipinski definition) is 5. The predicted octanol–water partition coefficient (Wildman–Crippen LogP) is 4.40. The number of rotatable bonds is 12. The Morgan fingerprint density at radius 3 is 2.06 bits per heavy atom. The van der Waals surface area contributed by atoms with Crippen LogP contribution in [0.1, 0.15) is 53.7 Å². The topological polar surface area (TPSA) is 75.4 Å². The van der Waals surface area contributed by atoms with Crippen LogP contribution in [0.4, 0.5) is 0 Å². The smallest absolute Gasteiger partial charge is 0.150 e. The number of aldehydes is 2. The lowest BCUT2D eigenvalue weighted by atomic mass is 9.89. The van der Waals surface area contributed by atoms with Crippen LogP contribution in [0.15, 0.2) is 60.8 Å². The average molecular weight is 464 g/mol. The minimum Gasteiger partial charge on any atom is -0.360 e. The van der Waals surface area contributed by atoms with E-state index in [1.807, 2.05) is 31.3 Å². The van der Waals surface area contributed by atoms with Gasteiger partial charge in [-0.3, -0.25) is 4.79 Å². The van der Waals surface area contributed by atoms with Gasteiger partial charge >= 0.3 is 0 Å². The predicted molar refractivity (Wildman–Crippen MR) is 141 cm³/mol. The van der Waals surface area contributed by atoms with Crippen LogP contribution in [0, 0.1) is 11.8 Å². The van der Waals surface area contributed by atoms with Crippen LogP contribution in [-0.2, 0) is 24.2 Å². The molecule has 1 aliphatic rings. The van der Waals surface area contributed by atoms with Gasteiger partial charge in [-0.2, -0.15) is 0 Å². The Morgan fingerprint density at radius 2 is 1.62 bits per heavy atom. The van der Waals surface area contributed by atoms with Gasteiger partial charge in [0.15, 0.2) is 0 Å². The first-order valence-corrected chi connectivity index (χ1v) is 12.3. The van der Waals surface area contributed by atoms with Crippen molar-refractivity contribution in [1.29, 1.82) is 0 Å². The molecule has 0 amide bonds. The fraction of sp³-hybridized carbons (Fsp3) is 0.448. The van der Waals surface area contributed by atoms with Gasteiger partial charge < -0.3 is 20.7 Å². The molecule has 5 nitrogen and oxygen atoms in total. The summed E-state index contributed by atoms with van der Waals surface area (Å²) < 4.78 is 0. The molecule has 1 unspecified atom stereocenters. The molecule has 3 rings (SSSR count). The van der Waals surface area contributed by atoms with Crippen molar-refractivity contribution in [2.75, 3.05) is 14.1 Å². The lowest BCUT2D eigenvalue weighted by molar-refractivity contribution is -0.114. The summed E-state index contributed by atoms with van der Waals surface area (Å²) in [4.78, 5) is 25.6. The number of carbonyl (C=O) groups excluding carboxylic acids is 2. The summed E-state index contributed by atoms with van der Waals surface area (Å²) in [5, 5.41) is 3.51. The Kier molecular flexibility index (Phi) is 11.2. The lowest BCUT2D eigenvalue weighted by Gasteiger charge is -2.40. The number of benzene rings is 2. The summed E-state index contributed by atoms with van der Waals surface area (Å²) in [6.07, 6.45) is 5.85. The van der Waals surface area contributed by atoms with Crippen LogP contribution in [-0.4, -0.2) is 43.7 Å². The molecule has 1 aliphatic carbocycles. The molecule has 34 heavy (non-hydrogen) atoms. The van der Waals surface area contributed by atoms with Crippen molar-refractivity contribution < 1.29 is 9.59 Å². The van der Waals surface area contributed by atoms with Gasteiger partial charge in [0.05, 0.1) is 6.04 Å². The van der Waals surface area contributed by atoms with Gasteiger partial charge in [-0.25, -0.2) is 0 Å². The highest BCUT2D eigenvalue weighted by Gasteiger charge is 2.34. The molecule has 5 heteroatoms. The summed E-state index contributed by atoms with van der Waals surface area (Å²) in [6.45, 7) is 9.42. The number of nitrogens with one attached hydrogen (secondary N) is 1. The summed E-state index contributed by atoms with van der Waals surface area (Å²) >= 11 is 0. The second-order valence-electron chi connectivity index (χ2n) is 8.89. The van der Waals surface area contributed by atoms with Crippen LogP contribution < -0.4 is 11.1 Å². The minimum atomic E-state index is -0.233. The molecule has 2 aromatic rings. The Hall–Kier alpha value is -2.76. The van der Waals surface area contributed by atoms with Crippen molar-refractivity contribution in [1.82, 2.24) is 10.2 Å². The first kappa shape index (κ1) is 27.5. The lowest BCUT2D eigenvalue weighted by Crippen LogP contribution is -2.48. The minimum absolute atomic E-state index is 0.0773. The zero-order chi connectivity index (χ0) is 25.1. The van der Waals surface area contributed by atoms with Crippen LogP contribution in [0.25, 0.3) is 0 Å². The number of hydrogen-bond donors (Lipinski definition) is 2. The third-order valence-corrected chi connectivity index (χ3v) is 7.09. The Morgan fingerprint density at radius 1 is 1.06 bits per heavy atom. The van der Waals surface area contributed by atoms with E-state index in [9.17, 15) is 9.59 Å². The van der Waals surface area contributed by atoms with Gasteiger partial charge in [-0.15, -0.1) is 0 Å². The first-order chi connectivity index (χ1) is 16.6. The van der Waals surface area contributed by atoms with Crippen LogP contribution in [0.2, 0.25) is 0 Å². The van der Waals surface area contributed by atoms with Crippen molar-refractivity contribution in [3.05, 3.63) is 83.1 Å². The fourth-order valence-corrected chi connectivity index (χ4v) is 5.19. The van der Waals surface area contributed by atoms with Crippen molar-refractivity contribution in [3.8, 4) is 0 Å². The maximum Gasteiger partial charge on any atom is 0.150 e. The number of fused-ring (bicyclic) bond motifs is 1. The molecule has 0 heterocycles. The van der Waals surface area contributed by atoms with E-state index in [0.29, 0.717) is 18.0 Å². The second-order valence-corrected chi connectivity index (χ2v) is 8.89. The highest BCUT2D eigenvalue weighted by Crippen LogP contribution is 2.33. The molecule has 2 atom stereocenters. The van der Waals surface area contributed by atoms with Crippen molar-refractivity contribution in [2.24, 2.45) is 17.6 Å². The van der Waals surface area contributed by atoms with E-state index in [0.717, 1.165) is 49.5 Å². The standard InChI is InChI=1S/C28H36N2O2.CH5N/c1-5-23(6-2)27(19-32)30(17-21-11-13-22(18-31)14-12-21)20(3)28(29-4)26-15-24-9-7-8-10-25(24)16-26;1-2/h7-14,18-19,23,26-29H,3,5-6,15-17H2,1-2,4H3;2H2,1H3/t27-,28?;/m0./s1. The Bertz CT molecular complexity index is 896. The van der Waals surface area contributed by atoms with Gasteiger partial charge in [-0.1, -0.05) is 81.8 Å². The summed E-state index contributed by atoms with van der Waals surface area (Å²) in [6, 6.07) is 16.1. The maximum absolute atomic E-state index is 12.4. The molecule has 0 bridgehead atoms. The van der Waals surface area contributed by atoms with E-state index in [2.05, 4.69) is 60.6 Å². The third-order valence-electron chi connectivity index (χ3n) is 7.09. The monoisotopic (exact) mass is 463 g/mol. The van der Waals surface area contributed by atoms with Crippen LogP contribution >= 0.6 is 0 Å². The Labute approximate surface area is 205 Å². The molecule has 0 spiro atoms. The van der Waals surface area contributed by atoms with Gasteiger partial charge in [0.1, 0.15) is 12.6 Å². The molecule has 0 saturated heterocycles. The van der Waals surface area contributed by atoms with Crippen LogP contribution in [0.5, 0.6) is 0 Å². The van der Waals surface area contributed by atoms with E-state index in [1.54, 1.807) is 0 Å². The van der Waals surface area contributed by atoms with Crippen LogP contribution in [0.3, 0.4) is 0 Å². The highest BCUT2D eigenvalue weighted by atomic mass is 16.1. The number of nitrogens with zero attached hydrogens (tertiary/aromatic N) is 1. The number of carbonyl (C=O) groups is 2. The SMILES string of the molecule is C=C(C(NC)C1Cc2ccccc2C1)N(Cc1ccc(C=O)cc1)[C@@H](C=O)C(CC)CC.CN. The maximum atomic E-state index is 12.4. The van der Waals surface area contributed by atoms with E-state index in [1.165, 1.54) is 18.2 Å². The number of likely N-dealkylation sites (N-methyl/N-ethyl adjacent to an activating group) is 1. The van der Waals surface area contributed by atoms with E-state index in [-0.39, 0.29) is 18.0 Å². The highest BCUT2D eigenvalue weighted by molar-refractivity contribution is 5.74. The van der Waals surface area contributed by atoms with Gasteiger partial charge in [0.2, 0.25) is 0 Å². The van der Waals surface area contributed by atoms with Gasteiger partial charge in [0, 0.05) is 23.8 Å². The molecule has 0 aromatic heterocycles. The fourth-order valence-electron chi connectivity index (χ4n) is 5.19. The quantitative estimate of drug-likeness (QED) is 0.457. The molecule has 0 saturated carbocycles. The third kappa shape index (κ3) is 6.43. The summed E-state index contributed by atoms with van der Waals surface area (Å²) in [5.74, 6) is 0.663. The van der Waals surface area contributed by atoms with E-state index < -0.39 is 0 Å². The molecule has 184 valence electrons. The van der Waals surface area contributed by atoms with E-state index in [4.69, 9.17) is 0 Å². The average Bonchev–Trinajstić information content (AvgIpc) is 3.31. The van der Waals surface area contributed by atoms with Crippen molar-refractivity contribution in [3.63, 3.8) is 0 Å². The first-order valence-electron chi connectivity index (χ1n) is 12.3. The zero-order valence-electron chi connectivity index (χ0n) is 21.2. The largest absolute Gasteiger partial charge is 0.360 e. The van der Waals surface area contributed by atoms with Crippen molar-refractivity contribution >= 4 is 12.6 Å². The molecule has 3 N–H and O–H groups in total. The zero-order valence-corrected chi connectivity index (χ0v) is 21.2. The Balaban J connectivity index is 0.00000199. The molecular formula is C29H41N3O2. The summed E-state index contributed by atoms with van der Waals surface area (Å²) in [5.41, 5.74) is 10.0. The van der Waals surface area contributed by atoms with Gasteiger partial charge in [0.25, 0.3) is 0 Å². The number of nitrogens with two attached hydrogens (primary N) is 1. The molecular weight excluding hydrogens is 422 g/mol. The van der Waals surface area contributed by atoms with Crippen molar-refractivity contribution in [2.45, 2.75) is 58.2 Å². The second kappa shape index (κ2) is 13.8. The molecule has 0 radical (unpaired) electrons. The molecule has 2 aromatic carbocycles. The molecule has 0 fully saturated rings. The normalized spacial score (nSPS) is 14.5. The van der Waals surface area contributed by atoms with E-state index >= 15 is 0 Å². The van der Waals surface area contributed by atoms with Gasteiger partial charge in [-0.05, 0) is 55.5 Å².